The molecule has 0 spiro atoms. The lowest BCUT2D eigenvalue weighted by Crippen LogP contribution is -2.19. The lowest BCUT2D eigenvalue weighted by molar-refractivity contribution is -0.523. The summed E-state index contributed by atoms with van der Waals surface area (Å²) >= 11 is 2.18. The number of rotatable bonds is 6. The summed E-state index contributed by atoms with van der Waals surface area (Å²) in [5.74, 6) is 0. The summed E-state index contributed by atoms with van der Waals surface area (Å²) in [5, 5.41) is 10.4. The van der Waals surface area contributed by atoms with E-state index >= 15 is 0 Å². The van der Waals surface area contributed by atoms with Crippen molar-refractivity contribution in [1.82, 2.24) is 0 Å². The van der Waals surface area contributed by atoms with Crippen molar-refractivity contribution in [1.29, 1.82) is 0 Å². The molecule has 0 saturated heterocycles. The van der Waals surface area contributed by atoms with Crippen LogP contribution in [0.3, 0.4) is 0 Å². The number of halogens is 1. The molecule has 11 heavy (non-hydrogen) atoms. The van der Waals surface area contributed by atoms with E-state index in [0.29, 0.717) is 6.42 Å². The van der Waals surface area contributed by atoms with Gasteiger partial charge in [0.1, 0.15) is 0 Å². The third kappa shape index (κ3) is 5.41. The van der Waals surface area contributed by atoms with Gasteiger partial charge in [-0.15, -0.1) is 0 Å². The molecule has 0 fully saturated rings. The minimum absolute atomic E-state index is 0.145. The Labute approximate surface area is 80.8 Å². The van der Waals surface area contributed by atoms with Crippen molar-refractivity contribution in [2.24, 2.45) is 0 Å². The molecule has 0 aromatic heterocycles. The van der Waals surface area contributed by atoms with Crippen LogP contribution in [0, 0.1) is 10.1 Å². The minimum atomic E-state index is -0.299. The topological polar surface area (TPSA) is 43.1 Å². The Bertz CT molecular complexity index is 119. The molecule has 1 unspecified atom stereocenters. The highest BCUT2D eigenvalue weighted by atomic mass is 127. The summed E-state index contributed by atoms with van der Waals surface area (Å²) in [6.07, 6.45) is 3.48. The quantitative estimate of drug-likeness (QED) is 0.322. The number of hydrogen-bond donors (Lipinski definition) is 0. The second-order valence-electron chi connectivity index (χ2n) is 2.56. The summed E-state index contributed by atoms with van der Waals surface area (Å²) in [6, 6.07) is -0.299. The van der Waals surface area contributed by atoms with Crippen molar-refractivity contribution in [3.8, 4) is 0 Å². The van der Waals surface area contributed by atoms with Crippen molar-refractivity contribution in [3.05, 3.63) is 10.1 Å². The van der Waals surface area contributed by atoms with Gasteiger partial charge in [-0.05, 0) is 6.42 Å². The van der Waals surface area contributed by atoms with Crippen LogP contribution in [-0.4, -0.2) is 15.4 Å². The predicted octanol–water partition coefficient (Wildman–Crippen LogP) is 2.65. The number of alkyl halides is 1. The van der Waals surface area contributed by atoms with E-state index in [1.54, 1.807) is 0 Å². The van der Waals surface area contributed by atoms with Crippen molar-refractivity contribution < 1.29 is 4.92 Å². The van der Waals surface area contributed by atoms with E-state index in [1.807, 2.05) is 0 Å². The van der Waals surface area contributed by atoms with Crippen LogP contribution in [0.25, 0.3) is 0 Å². The maximum Gasteiger partial charge on any atom is 0.213 e. The van der Waals surface area contributed by atoms with Crippen LogP contribution in [0.4, 0.5) is 0 Å². The Morgan fingerprint density at radius 2 is 2.18 bits per heavy atom. The predicted molar refractivity (Wildman–Crippen MR) is 53.8 cm³/mol. The second-order valence-corrected chi connectivity index (χ2v) is 3.64. The van der Waals surface area contributed by atoms with Crippen LogP contribution < -0.4 is 0 Å². The number of unbranched alkanes of at least 4 members (excludes halogenated alkanes) is 1. The zero-order chi connectivity index (χ0) is 8.69. The van der Waals surface area contributed by atoms with Gasteiger partial charge in [0.25, 0.3) is 0 Å². The van der Waals surface area contributed by atoms with Gasteiger partial charge in [0.05, 0.1) is 0 Å². The van der Waals surface area contributed by atoms with E-state index in [9.17, 15) is 10.1 Å². The molecule has 66 valence electrons. The lowest BCUT2D eigenvalue weighted by atomic mass is 10.1. The average Bonchev–Trinajstić information content (AvgIpc) is 1.97. The lowest BCUT2D eigenvalue weighted by Gasteiger charge is -2.05. The highest BCUT2D eigenvalue weighted by Gasteiger charge is 2.17. The van der Waals surface area contributed by atoms with E-state index in [-0.39, 0.29) is 11.0 Å². The van der Waals surface area contributed by atoms with Gasteiger partial charge in [0.2, 0.25) is 6.04 Å². The zero-order valence-electron chi connectivity index (χ0n) is 6.75. The van der Waals surface area contributed by atoms with Gasteiger partial charge in [-0.25, -0.2) is 0 Å². The molecule has 0 saturated carbocycles. The molecule has 1 atom stereocenters. The van der Waals surface area contributed by atoms with E-state index in [4.69, 9.17) is 0 Å². The Hall–Kier alpha value is 0.130. The Morgan fingerprint density at radius 3 is 2.55 bits per heavy atom. The normalized spacial score (nSPS) is 12.9. The van der Waals surface area contributed by atoms with Crippen molar-refractivity contribution in [2.75, 3.05) is 4.43 Å². The van der Waals surface area contributed by atoms with Crippen LogP contribution in [-0.2, 0) is 0 Å². The molecule has 0 rings (SSSR count). The van der Waals surface area contributed by atoms with Crippen LogP contribution >= 0.6 is 22.6 Å². The average molecular weight is 271 g/mol. The smallest absolute Gasteiger partial charge is 0.213 e. The molecular formula is C7H14INO2. The molecule has 0 aliphatic heterocycles. The molecule has 0 aromatic rings. The Kier molecular flexibility index (Phi) is 6.90. The fourth-order valence-corrected chi connectivity index (χ4v) is 1.64. The first-order chi connectivity index (χ1) is 5.22. The van der Waals surface area contributed by atoms with Gasteiger partial charge in [0.15, 0.2) is 0 Å². The Morgan fingerprint density at radius 1 is 1.55 bits per heavy atom. The molecular weight excluding hydrogens is 257 g/mol. The number of nitrogens with zero attached hydrogens (tertiary/aromatic N) is 1. The van der Waals surface area contributed by atoms with Crippen molar-refractivity contribution >= 4 is 22.6 Å². The summed E-state index contributed by atoms with van der Waals surface area (Å²) in [6.45, 7) is 2.06. The van der Waals surface area contributed by atoms with Crippen LogP contribution in [0.1, 0.15) is 32.6 Å². The molecule has 0 heterocycles. The first kappa shape index (κ1) is 11.1. The van der Waals surface area contributed by atoms with Crippen LogP contribution in [0.15, 0.2) is 0 Å². The molecule has 0 aliphatic carbocycles. The fourth-order valence-electron chi connectivity index (χ4n) is 0.921. The second kappa shape index (κ2) is 6.82. The Balaban J connectivity index is 3.60. The molecule has 4 heteroatoms. The minimum Gasteiger partial charge on any atom is -0.264 e. The highest BCUT2D eigenvalue weighted by Crippen LogP contribution is 2.09. The standard InChI is InChI=1S/C7H14INO2/c1-2-3-4-7(5-6-8)9(10)11/h7H,2-6H2,1H3. The third-order valence-electron chi connectivity index (χ3n) is 1.63. The van der Waals surface area contributed by atoms with E-state index < -0.39 is 0 Å². The number of nitro groups is 1. The van der Waals surface area contributed by atoms with Crippen molar-refractivity contribution in [3.63, 3.8) is 0 Å². The van der Waals surface area contributed by atoms with Gasteiger partial charge >= 0.3 is 0 Å². The largest absolute Gasteiger partial charge is 0.264 e. The molecule has 0 aliphatic rings. The zero-order valence-corrected chi connectivity index (χ0v) is 8.91. The van der Waals surface area contributed by atoms with Crippen molar-refractivity contribution in [2.45, 2.75) is 38.6 Å². The number of hydrogen-bond acceptors (Lipinski definition) is 2. The van der Waals surface area contributed by atoms with Gasteiger partial charge in [-0.1, -0.05) is 35.9 Å². The molecule has 0 N–H and O–H groups in total. The van der Waals surface area contributed by atoms with Crippen LogP contribution in [0.2, 0.25) is 0 Å². The molecule has 3 nitrogen and oxygen atoms in total. The summed E-state index contributed by atoms with van der Waals surface area (Å²) in [5.41, 5.74) is 0. The fraction of sp³-hybridized carbons (Fsp3) is 1.00. The molecule has 0 aromatic carbocycles. The van der Waals surface area contributed by atoms with Gasteiger partial charge in [-0.3, -0.25) is 10.1 Å². The SMILES string of the molecule is CCCCC(CCI)[N+](=O)[O-]. The monoisotopic (exact) mass is 271 g/mol. The summed E-state index contributed by atoms with van der Waals surface area (Å²) in [7, 11) is 0. The van der Waals surface area contributed by atoms with Gasteiger partial charge in [0, 0.05) is 22.2 Å². The van der Waals surface area contributed by atoms with Crippen LogP contribution in [0.5, 0.6) is 0 Å². The highest BCUT2D eigenvalue weighted by molar-refractivity contribution is 14.1. The van der Waals surface area contributed by atoms with E-state index in [1.165, 1.54) is 0 Å². The van der Waals surface area contributed by atoms with E-state index in [2.05, 4.69) is 29.5 Å². The first-order valence-corrected chi connectivity index (χ1v) is 5.44. The summed E-state index contributed by atoms with van der Waals surface area (Å²) < 4.78 is 0.882. The van der Waals surface area contributed by atoms with Gasteiger partial charge < -0.3 is 0 Å². The maximum absolute atomic E-state index is 10.4. The molecule has 0 amide bonds. The maximum atomic E-state index is 10.4. The third-order valence-corrected chi connectivity index (χ3v) is 2.25. The molecule has 0 radical (unpaired) electrons. The molecule has 0 bridgehead atoms. The first-order valence-electron chi connectivity index (χ1n) is 3.91. The van der Waals surface area contributed by atoms with Gasteiger partial charge in [-0.2, -0.15) is 0 Å². The van der Waals surface area contributed by atoms with E-state index in [0.717, 1.165) is 23.7 Å². The summed E-state index contributed by atoms with van der Waals surface area (Å²) in [4.78, 5) is 10.3.